The normalized spacial score (nSPS) is 9.84. The number of aromatic carboxylic acids is 1. The van der Waals surface area contributed by atoms with Gasteiger partial charge in [0.2, 0.25) is 5.75 Å². The summed E-state index contributed by atoms with van der Waals surface area (Å²) in [5.74, 6) is -1.18. The molecule has 19 heavy (non-hydrogen) atoms. The Labute approximate surface area is 110 Å². The SMILES string of the molecule is CCCC(=O)Oc1c(OC)cc(C(=O)O)cc1OC. The van der Waals surface area contributed by atoms with Crippen LogP contribution in [0.3, 0.4) is 0 Å². The molecule has 1 rings (SSSR count). The van der Waals surface area contributed by atoms with E-state index in [0.29, 0.717) is 6.42 Å². The molecular weight excluding hydrogens is 252 g/mol. The standard InChI is InChI=1S/C13H16O6/c1-4-5-11(14)19-12-9(17-2)6-8(13(15)16)7-10(12)18-3/h6-7H,4-5H2,1-3H3,(H,15,16). The summed E-state index contributed by atoms with van der Waals surface area (Å²) < 4.78 is 15.2. The summed E-state index contributed by atoms with van der Waals surface area (Å²) in [6, 6.07) is 2.55. The molecule has 6 nitrogen and oxygen atoms in total. The number of benzene rings is 1. The fraction of sp³-hybridized carbons (Fsp3) is 0.385. The summed E-state index contributed by atoms with van der Waals surface area (Å²) in [6.45, 7) is 1.85. The molecular formula is C13H16O6. The van der Waals surface area contributed by atoms with E-state index in [2.05, 4.69) is 0 Å². The Morgan fingerprint density at radius 2 is 1.68 bits per heavy atom. The van der Waals surface area contributed by atoms with Gasteiger partial charge < -0.3 is 19.3 Å². The Morgan fingerprint density at radius 1 is 1.16 bits per heavy atom. The van der Waals surface area contributed by atoms with Gasteiger partial charge in [0.1, 0.15) is 0 Å². The van der Waals surface area contributed by atoms with Gasteiger partial charge in [0.25, 0.3) is 0 Å². The van der Waals surface area contributed by atoms with E-state index in [1.165, 1.54) is 26.4 Å². The predicted molar refractivity (Wildman–Crippen MR) is 67.0 cm³/mol. The van der Waals surface area contributed by atoms with Crippen molar-refractivity contribution in [3.8, 4) is 17.2 Å². The Balaban J connectivity index is 3.20. The van der Waals surface area contributed by atoms with Crippen LogP contribution in [-0.4, -0.2) is 31.3 Å². The lowest BCUT2D eigenvalue weighted by Crippen LogP contribution is -2.10. The van der Waals surface area contributed by atoms with Gasteiger partial charge in [0.05, 0.1) is 19.8 Å². The summed E-state index contributed by atoms with van der Waals surface area (Å²) in [4.78, 5) is 22.5. The molecule has 0 atom stereocenters. The van der Waals surface area contributed by atoms with E-state index in [9.17, 15) is 9.59 Å². The van der Waals surface area contributed by atoms with Gasteiger partial charge in [0, 0.05) is 6.42 Å². The van der Waals surface area contributed by atoms with E-state index in [-0.39, 0.29) is 29.2 Å². The summed E-state index contributed by atoms with van der Waals surface area (Å²) in [5, 5.41) is 8.96. The minimum absolute atomic E-state index is 0.0102. The molecule has 1 N–H and O–H groups in total. The molecule has 0 fully saturated rings. The fourth-order valence-corrected chi connectivity index (χ4v) is 1.47. The lowest BCUT2D eigenvalue weighted by molar-refractivity contribution is -0.134. The molecule has 0 aromatic heterocycles. The molecule has 0 aliphatic rings. The molecule has 0 amide bonds. The van der Waals surface area contributed by atoms with Gasteiger partial charge >= 0.3 is 11.9 Å². The molecule has 0 aliphatic heterocycles. The molecule has 0 radical (unpaired) electrons. The molecule has 1 aromatic rings. The van der Waals surface area contributed by atoms with Crippen LogP contribution in [-0.2, 0) is 4.79 Å². The second kappa shape index (κ2) is 6.63. The number of methoxy groups -OCH3 is 2. The Morgan fingerprint density at radius 3 is 2.05 bits per heavy atom. The van der Waals surface area contributed by atoms with Crippen molar-refractivity contribution < 1.29 is 28.9 Å². The largest absolute Gasteiger partial charge is 0.493 e. The van der Waals surface area contributed by atoms with Crippen LogP contribution in [0.15, 0.2) is 12.1 Å². The molecule has 0 saturated heterocycles. The van der Waals surface area contributed by atoms with Crippen LogP contribution in [0, 0.1) is 0 Å². The van der Waals surface area contributed by atoms with Crippen LogP contribution < -0.4 is 14.2 Å². The number of hydrogen-bond acceptors (Lipinski definition) is 5. The van der Waals surface area contributed by atoms with Gasteiger partial charge in [-0.3, -0.25) is 4.79 Å². The Kier molecular flexibility index (Phi) is 5.17. The van der Waals surface area contributed by atoms with Gasteiger partial charge in [-0.15, -0.1) is 0 Å². The molecule has 0 aliphatic carbocycles. The van der Waals surface area contributed by atoms with Crippen molar-refractivity contribution in [2.45, 2.75) is 19.8 Å². The van der Waals surface area contributed by atoms with Gasteiger partial charge in [-0.2, -0.15) is 0 Å². The maximum absolute atomic E-state index is 11.5. The molecule has 0 saturated carbocycles. The summed E-state index contributed by atoms with van der Waals surface area (Å²) in [5.41, 5.74) is -0.0102. The minimum Gasteiger partial charge on any atom is -0.493 e. The zero-order valence-electron chi connectivity index (χ0n) is 11.1. The maximum atomic E-state index is 11.5. The monoisotopic (exact) mass is 268 g/mol. The van der Waals surface area contributed by atoms with Gasteiger partial charge in [-0.25, -0.2) is 4.79 Å². The quantitative estimate of drug-likeness (QED) is 0.628. The van der Waals surface area contributed by atoms with E-state index in [0.717, 1.165) is 0 Å². The summed E-state index contributed by atoms with van der Waals surface area (Å²) in [7, 11) is 2.72. The molecule has 0 bridgehead atoms. The zero-order chi connectivity index (χ0) is 14.4. The number of carboxylic acids is 1. The molecule has 0 heterocycles. The van der Waals surface area contributed by atoms with Crippen molar-refractivity contribution in [3.63, 3.8) is 0 Å². The minimum atomic E-state index is -1.12. The molecule has 0 unspecified atom stereocenters. The van der Waals surface area contributed by atoms with E-state index < -0.39 is 11.9 Å². The van der Waals surface area contributed by atoms with E-state index in [1.807, 2.05) is 6.92 Å². The number of rotatable bonds is 6. The number of carbonyl (C=O) groups excluding carboxylic acids is 1. The van der Waals surface area contributed by atoms with Gasteiger partial charge in [-0.05, 0) is 18.6 Å². The first-order valence-electron chi connectivity index (χ1n) is 5.73. The third-order valence-corrected chi connectivity index (χ3v) is 2.38. The molecule has 6 heteroatoms. The lowest BCUT2D eigenvalue weighted by atomic mass is 10.2. The van der Waals surface area contributed by atoms with Crippen LogP contribution in [0.25, 0.3) is 0 Å². The van der Waals surface area contributed by atoms with Crippen molar-refractivity contribution in [1.82, 2.24) is 0 Å². The van der Waals surface area contributed by atoms with Crippen molar-refractivity contribution in [2.75, 3.05) is 14.2 Å². The highest BCUT2D eigenvalue weighted by Crippen LogP contribution is 2.38. The van der Waals surface area contributed by atoms with Crippen LogP contribution in [0.1, 0.15) is 30.1 Å². The second-order valence-electron chi connectivity index (χ2n) is 3.74. The van der Waals surface area contributed by atoms with Crippen LogP contribution in [0.2, 0.25) is 0 Å². The molecule has 104 valence electrons. The number of carbonyl (C=O) groups is 2. The Bertz CT molecular complexity index is 455. The van der Waals surface area contributed by atoms with Crippen molar-refractivity contribution in [2.24, 2.45) is 0 Å². The maximum Gasteiger partial charge on any atom is 0.335 e. The Hall–Kier alpha value is -2.24. The third kappa shape index (κ3) is 3.61. The summed E-state index contributed by atoms with van der Waals surface area (Å²) >= 11 is 0. The highest BCUT2D eigenvalue weighted by atomic mass is 16.6. The third-order valence-electron chi connectivity index (χ3n) is 2.38. The first-order valence-corrected chi connectivity index (χ1v) is 5.73. The second-order valence-corrected chi connectivity index (χ2v) is 3.74. The number of ether oxygens (including phenoxy) is 3. The van der Waals surface area contributed by atoms with Crippen molar-refractivity contribution in [3.05, 3.63) is 17.7 Å². The number of esters is 1. The predicted octanol–water partition coefficient (Wildman–Crippen LogP) is 2.11. The van der Waals surface area contributed by atoms with E-state index in [1.54, 1.807) is 0 Å². The fourth-order valence-electron chi connectivity index (χ4n) is 1.47. The van der Waals surface area contributed by atoms with Gasteiger partial charge in [-0.1, -0.05) is 6.92 Å². The van der Waals surface area contributed by atoms with E-state index >= 15 is 0 Å². The van der Waals surface area contributed by atoms with Crippen molar-refractivity contribution in [1.29, 1.82) is 0 Å². The molecule has 0 spiro atoms. The first kappa shape index (κ1) is 14.8. The highest BCUT2D eigenvalue weighted by molar-refractivity contribution is 5.90. The average Bonchev–Trinajstić information content (AvgIpc) is 2.38. The van der Waals surface area contributed by atoms with Crippen LogP contribution in [0.4, 0.5) is 0 Å². The topological polar surface area (TPSA) is 82.1 Å². The van der Waals surface area contributed by atoms with E-state index in [4.69, 9.17) is 19.3 Å². The smallest absolute Gasteiger partial charge is 0.335 e. The molecule has 1 aromatic carbocycles. The first-order chi connectivity index (χ1) is 9.03. The summed E-state index contributed by atoms with van der Waals surface area (Å²) in [6.07, 6.45) is 0.906. The number of carboxylic acid groups (broad SMARTS) is 1. The zero-order valence-corrected chi connectivity index (χ0v) is 11.1. The van der Waals surface area contributed by atoms with Crippen molar-refractivity contribution >= 4 is 11.9 Å². The van der Waals surface area contributed by atoms with Crippen LogP contribution in [0.5, 0.6) is 17.2 Å². The lowest BCUT2D eigenvalue weighted by Gasteiger charge is -2.13. The highest BCUT2D eigenvalue weighted by Gasteiger charge is 2.19. The van der Waals surface area contributed by atoms with Gasteiger partial charge in [0.15, 0.2) is 11.5 Å². The average molecular weight is 268 g/mol. The van der Waals surface area contributed by atoms with Crippen LogP contribution >= 0.6 is 0 Å². The number of hydrogen-bond donors (Lipinski definition) is 1.